The van der Waals surface area contributed by atoms with Gasteiger partial charge in [-0.1, -0.05) is 18.2 Å². The van der Waals surface area contributed by atoms with E-state index >= 15 is 0 Å². The van der Waals surface area contributed by atoms with Crippen LogP contribution in [0.3, 0.4) is 0 Å². The van der Waals surface area contributed by atoms with Crippen LogP contribution in [0, 0.1) is 5.82 Å². The Kier molecular flexibility index (Phi) is 6.22. The number of aliphatic hydroxyl groups excluding tert-OH is 2. The number of rotatable bonds is 4. The first kappa shape index (κ1) is 19.5. The van der Waals surface area contributed by atoms with E-state index in [1.807, 2.05) is 6.07 Å². The summed E-state index contributed by atoms with van der Waals surface area (Å²) >= 11 is 5.05. The molecule has 2 N–H and O–H groups in total. The van der Waals surface area contributed by atoms with Crippen LogP contribution in [0.5, 0.6) is 11.5 Å². The van der Waals surface area contributed by atoms with E-state index in [0.29, 0.717) is 11.5 Å². The van der Waals surface area contributed by atoms with Gasteiger partial charge in [-0.3, -0.25) is 0 Å². The predicted molar refractivity (Wildman–Crippen MR) is 97.9 cm³/mol. The van der Waals surface area contributed by atoms with Crippen molar-refractivity contribution >= 4 is 17.5 Å². The summed E-state index contributed by atoms with van der Waals surface area (Å²) in [6, 6.07) is 14.0. The molecule has 1 heterocycles. The molecule has 0 unspecified atom stereocenters. The van der Waals surface area contributed by atoms with Crippen molar-refractivity contribution in [3.63, 3.8) is 0 Å². The number of aliphatic hydroxyl groups is 2. The van der Waals surface area contributed by atoms with Crippen LogP contribution >= 0.6 is 12.2 Å². The zero-order chi connectivity index (χ0) is 19.4. The first-order valence-electron chi connectivity index (χ1n) is 8.31. The number of hydrogen-bond donors (Lipinski definition) is 2. The molecule has 27 heavy (non-hydrogen) atoms. The van der Waals surface area contributed by atoms with Crippen LogP contribution < -0.4 is 9.47 Å². The van der Waals surface area contributed by atoms with Crippen LogP contribution in [0.4, 0.5) is 4.39 Å². The molecule has 0 spiro atoms. The Bertz CT molecular complexity index is 757. The number of halogens is 1. The van der Waals surface area contributed by atoms with E-state index in [2.05, 4.69) is 0 Å². The summed E-state index contributed by atoms with van der Waals surface area (Å²) in [5.41, 5.74) is 0. The maximum absolute atomic E-state index is 13.0. The lowest BCUT2D eigenvalue weighted by molar-refractivity contribution is -0.266. The molecule has 1 saturated heterocycles. The summed E-state index contributed by atoms with van der Waals surface area (Å²) in [4.78, 5) is 0. The topological polar surface area (TPSA) is 77.4 Å². The van der Waals surface area contributed by atoms with Gasteiger partial charge in [-0.2, -0.15) is 0 Å². The van der Waals surface area contributed by atoms with Crippen LogP contribution in [0.25, 0.3) is 0 Å². The van der Waals surface area contributed by atoms with Crippen molar-refractivity contribution in [1.29, 1.82) is 0 Å². The molecule has 1 aliphatic heterocycles. The maximum Gasteiger partial charge on any atom is 0.358 e. The predicted octanol–water partition coefficient (Wildman–Crippen LogP) is 2.42. The quantitative estimate of drug-likeness (QED) is 0.771. The first-order valence-corrected chi connectivity index (χ1v) is 8.72. The summed E-state index contributed by atoms with van der Waals surface area (Å²) in [5.74, 6) is 0.345. The second kappa shape index (κ2) is 8.62. The third-order valence-electron chi connectivity index (χ3n) is 4.02. The second-order valence-electron chi connectivity index (χ2n) is 6.01. The number of thiocarbonyl (C=S) groups is 1. The van der Waals surface area contributed by atoms with Gasteiger partial charge in [0, 0.05) is 12.2 Å². The van der Waals surface area contributed by atoms with Gasteiger partial charge >= 0.3 is 5.24 Å². The van der Waals surface area contributed by atoms with Gasteiger partial charge < -0.3 is 29.2 Å². The molecule has 0 aromatic heterocycles. The van der Waals surface area contributed by atoms with Gasteiger partial charge in [-0.25, -0.2) is 4.39 Å². The Labute approximate surface area is 161 Å². The van der Waals surface area contributed by atoms with Gasteiger partial charge in [0.1, 0.15) is 23.4 Å². The summed E-state index contributed by atoms with van der Waals surface area (Å²) in [7, 11) is 0. The zero-order valence-electron chi connectivity index (χ0n) is 14.4. The van der Waals surface area contributed by atoms with Crippen molar-refractivity contribution in [2.75, 3.05) is 0 Å². The SMILES string of the molecule is C[C@@H]1O[C@H](Oc2ccc(F)cc2)[C@H](O)[C@H](OC(=S)Oc2ccccc2)[C@H]1O. The highest BCUT2D eigenvalue weighted by Crippen LogP contribution is 2.26. The third kappa shape index (κ3) is 4.92. The molecule has 0 amide bonds. The molecule has 1 fully saturated rings. The van der Waals surface area contributed by atoms with Gasteiger partial charge in [-0.05, 0) is 43.3 Å². The number of hydrogen-bond acceptors (Lipinski definition) is 7. The molecule has 1 aliphatic rings. The molecule has 8 heteroatoms. The van der Waals surface area contributed by atoms with Crippen LogP contribution in [0.15, 0.2) is 54.6 Å². The summed E-state index contributed by atoms with van der Waals surface area (Å²) in [5, 5.41) is 20.6. The minimum atomic E-state index is -1.36. The molecule has 144 valence electrons. The van der Waals surface area contributed by atoms with Crippen molar-refractivity contribution < 1.29 is 33.6 Å². The normalized spacial score (nSPS) is 27.6. The summed E-state index contributed by atoms with van der Waals surface area (Å²) < 4.78 is 34.9. The van der Waals surface area contributed by atoms with E-state index in [1.165, 1.54) is 24.3 Å². The standard InChI is InChI=1S/C19H19FO6S/c1-11-15(21)17(26-19(27)25-13-5-3-2-4-6-13)16(22)18(23-11)24-14-9-7-12(20)8-10-14/h2-11,15-18,21-22H,1H3/t11-,15-,16+,17+,18+/m0/s1. The molecule has 2 aromatic carbocycles. The largest absolute Gasteiger partial charge is 0.462 e. The minimum absolute atomic E-state index is 0.251. The molecule has 3 rings (SSSR count). The Balaban J connectivity index is 1.67. The highest BCUT2D eigenvalue weighted by Gasteiger charge is 2.46. The van der Waals surface area contributed by atoms with Crippen LogP contribution in [0.2, 0.25) is 0 Å². The molecular weight excluding hydrogens is 375 g/mol. The molecule has 2 aromatic rings. The van der Waals surface area contributed by atoms with E-state index in [9.17, 15) is 14.6 Å². The van der Waals surface area contributed by atoms with Crippen molar-refractivity contribution in [3.8, 4) is 11.5 Å². The molecule has 0 radical (unpaired) electrons. The fourth-order valence-corrected chi connectivity index (χ4v) is 2.81. The second-order valence-corrected chi connectivity index (χ2v) is 6.34. The third-order valence-corrected chi connectivity index (χ3v) is 4.20. The lowest BCUT2D eigenvalue weighted by Crippen LogP contribution is -2.59. The average molecular weight is 394 g/mol. The molecule has 6 nitrogen and oxygen atoms in total. The fourth-order valence-electron chi connectivity index (χ4n) is 2.60. The number of ether oxygens (including phenoxy) is 4. The lowest BCUT2D eigenvalue weighted by atomic mass is 10.00. The Morgan fingerprint density at radius 2 is 1.67 bits per heavy atom. The zero-order valence-corrected chi connectivity index (χ0v) is 15.2. The van der Waals surface area contributed by atoms with Gasteiger partial charge in [0.25, 0.3) is 0 Å². The number of benzene rings is 2. The highest BCUT2D eigenvalue weighted by molar-refractivity contribution is 7.79. The smallest absolute Gasteiger partial charge is 0.358 e. The van der Waals surface area contributed by atoms with Crippen molar-refractivity contribution in [3.05, 3.63) is 60.4 Å². The summed E-state index contributed by atoms with van der Waals surface area (Å²) in [6.07, 6.45) is -5.50. The highest BCUT2D eigenvalue weighted by atomic mass is 32.1. The Morgan fingerprint density at radius 1 is 1.00 bits per heavy atom. The maximum atomic E-state index is 13.0. The van der Waals surface area contributed by atoms with Gasteiger partial charge in [0.05, 0.1) is 6.10 Å². The van der Waals surface area contributed by atoms with Crippen molar-refractivity contribution in [2.45, 2.75) is 37.6 Å². The van der Waals surface area contributed by atoms with E-state index in [0.717, 1.165) is 0 Å². The molecule has 0 aliphatic carbocycles. The molecule has 0 saturated carbocycles. The van der Waals surface area contributed by atoms with Gasteiger partial charge in [-0.15, -0.1) is 0 Å². The monoisotopic (exact) mass is 394 g/mol. The Morgan fingerprint density at radius 3 is 2.33 bits per heavy atom. The number of para-hydroxylation sites is 1. The van der Waals surface area contributed by atoms with Crippen molar-refractivity contribution in [2.24, 2.45) is 0 Å². The van der Waals surface area contributed by atoms with Gasteiger partial charge in [0.15, 0.2) is 12.2 Å². The van der Waals surface area contributed by atoms with E-state index in [4.69, 9.17) is 31.2 Å². The first-order chi connectivity index (χ1) is 12.9. The van der Waals surface area contributed by atoms with Crippen molar-refractivity contribution in [1.82, 2.24) is 0 Å². The minimum Gasteiger partial charge on any atom is -0.462 e. The fraction of sp³-hybridized carbons (Fsp3) is 0.316. The van der Waals surface area contributed by atoms with Gasteiger partial charge in [0.2, 0.25) is 6.29 Å². The molecular formula is C19H19FO6S. The Hall–Kier alpha value is -2.26. The van der Waals surface area contributed by atoms with E-state index in [-0.39, 0.29) is 5.24 Å². The van der Waals surface area contributed by atoms with Crippen LogP contribution in [-0.2, 0) is 9.47 Å². The van der Waals surface area contributed by atoms with Crippen LogP contribution in [0.1, 0.15) is 6.92 Å². The molecule has 5 atom stereocenters. The van der Waals surface area contributed by atoms with E-state index < -0.39 is 36.5 Å². The van der Waals surface area contributed by atoms with E-state index in [1.54, 1.807) is 31.2 Å². The average Bonchev–Trinajstić information content (AvgIpc) is 2.66. The molecule has 0 bridgehead atoms. The lowest BCUT2D eigenvalue weighted by Gasteiger charge is -2.40. The summed E-state index contributed by atoms with van der Waals surface area (Å²) in [6.45, 7) is 1.61. The van der Waals surface area contributed by atoms with Crippen LogP contribution in [-0.4, -0.2) is 46.2 Å².